The molecule has 0 saturated carbocycles. The van der Waals surface area contributed by atoms with Crippen LogP contribution in [0.2, 0.25) is 0 Å². The Kier molecular flexibility index (Phi) is 4.67. The second kappa shape index (κ2) is 5.79. The molecular weight excluding hydrogens is 228 g/mol. The summed E-state index contributed by atoms with van der Waals surface area (Å²) < 4.78 is 13.4. The number of aromatic nitrogens is 2. The third kappa shape index (κ3) is 3.77. The van der Waals surface area contributed by atoms with Gasteiger partial charge in [-0.15, -0.1) is 0 Å². The van der Waals surface area contributed by atoms with Crippen molar-refractivity contribution in [2.24, 2.45) is 13.0 Å². The quantitative estimate of drug-likeness (QED) is 0.787. The number of carboxylic acids is 1. The molecular formula is C10H16N2O3S. The van der Waals surface area contributed by atoms with Crippen LogP contribution in [0.4, 0.5) is 0 Å². The number of aliphatic carboxylic acids is 1. The Hall–Kier alpha value is -1.17. The van der Waals surface area contributed by atoms with Crippen LogP contribution in [-0.2, 0) is 29.1 Å². The van der Waals surface area contributed by atoms with Gasteiger partial charge in [0.05, 0.1) is 5.92 Å². The SMILES string of the molecule is CC(CS(=O)CCc1nccn1C)C(=O)O. The topological polar surface area (TPSA) is 72.2 Å². The van der Waals surface area contributed by atoms with Crippen molar-refractivity contribution < 1.29 is 14.1 Å². The van der Waals surface area contributed by atoms with E-state index in [1.54, 1.807) is 13.1 Å². The predicted octanol–water partition coefficient (Wildman–Crippen LogP) is 0.432. The van der Waals surface area contributed by atoms with E-state index in [-0.39, 0.29) is 5.75 Å². The maximum Gasteiger partial charge on any atom is 0.307 e. The summed E-state index contributed by atoms with van der Waals surface area (Å²) in [6.45, 7) is 1.57. The van der Waals surface area contributed by atoms with Gasteiger partial charge in [0.25, 0.3) is 0 Å². The molecule has 0 fully saturated rings. The Balaban J connectivity index is 2.36. The lowest BCUT2D eigenvalue weighted by atomic mass is 10.2. The lowest BCUT2D eigenvalue weighted by Gasteiger charge is -2.06. The van der Waals surface area contributed by atoms with Crippen LogP contribution in [0.3, 0.4) is 0 Å². The average Bonchev–Trinajstić information content (AvgIpc) is 2.61. The van der Waals surface area contributed by atoms with Gasteiger partial charge in [-0.3, -0.25) is 9.00 Å². The molecule has 0 aliphatic carbocycles. The van der Waals surface area contributed by atoms with Crippen molar-refractivity contribution in [1.82, 2.24) is 9.55 Å². The molecule has 1 heterocycles. The summed E-state index contributed by atoms with van der Waals surface area (Å²) >= 11 is 0. The molecule has 1 rings (SSSR count). The molecule has 0 aromatic carbocycles. The molecule has 1 N–H and O–H groups in total. The smallest absolute Gasteiger partial charge is 0.307 e. The molecule has 5 nitrogen and oxygen atoms in total. The fraction of sp³-hybridized carbons (Fsp3) is 0.600. The van der Waals surface area contributed by atoms with Crippen molar-refractivity contribution in [3.8, 4) is 0 Å². The second-order valence-corrected chi connectivity index (χ2v) is 5.38. The molecule has 16 heavy (non-hydrogen) atoms. The summed E-state index contributed by atoms with van der Waals surface area (Å²) in [6, 6.07) is 0. The summed E-state index contributed by atoms with van der Waals surface area (Å²) in [4.78, 5) is 14.7. The predicted molar refractivity (Wildman–Crippen MR) is 61.6 cm³/mol. The van der Waals surface area contributed by atoms with Gasteiger partial charge >= 0.3 is 5.97 Å². The molecule has 1 aromatic rings. The highest BCUT2D eigenvalue weighted by Crippen LogP contribution is 2.02. The third-order valence-corrected chi connectivity index (χ3v) is 3.86. The van der Waals surface area contributed by atoms with Gasteiger partial charge in [0.15, 0.2) is 0 Å². The van der Waals surface area contributed by atoms with E-state index in [2.05, 4.69) is 4.98 Å². The Morgan fingerprint density at radius 1 is 1.69 bits per heavy atom. The van der Waals surface area contributed by atoms with Crippen LogP contribution in [0.5, 0.6) is 0 Å². The highest BCUT2D eigenvalue weighted by Gasteiger charge is 2.14. The zero-order valence-electron chi connectivity index (χ0n) is 9.42. The van der Waals surface area contributed by atoms with Crippen molar-refractivity contribution in [3.05, 3.63) is 18.2 Å². The van der Waals surface area contributed by atoms with Gasteiger partial charge in [-0.2, -0.15) is 0 Å². The van der Waals surface area contributed by atoms with Gasteiger partial charge in [0, 0.05) is 48.2 Å². The Bertz CT molecular complexity index is 389. The molecule has 0 spiro atoms. The van der Waals surface area contributed by atoms with Crippen LogP contribution < -0.4 is 0 Å². The molecule has 0 radical (unpaired) electrons. The number of nitrogens with zero attached hydrogens (tertiary/aromatic N) is 2. The summed E-state index contributed by atoms with van der Waals surface area (Å²) in [5.41, 5.74) is 0. The highest BCUT2D eigenvalue weighted by molar-refractivity contribution is 7.85. The van der Waals surface area contributed by atoms with Gasteiger partial charge in [0.1, 0.15) is 5.82 Å². The molecule has 0 bridgehead atoms. The van der Waals surface area contributed by atoms with Crippen molar-refractivity contribution in [1.29, 1.82) is 0 Å². The number of carboxylic acid groups (broad SMARTS) is 1. The first kappa shape index (κ1) is 12.9. The molecule has 0 amide bonds. The van der Waals surface area contributed by atoms with Gasteiger partial charge in [0.2, 0.25) is 0 Å². The third-order valence-electron chi connectivity index (χ3n) is 2.33. The lowest BCUT2D eigenvalue weighted by Crippen LogP contribution is -2.19. The number of imidazole rings is 1. The zero-order valence-corrected chi connectivity index (χ0v) is 10.2. The Morgan fingerprint density at radius 2 is 2.38 bits per heavy atom. The molecule has 0 saturated heterocycles. The number of hydrogen-bond donors (Lipinski definition) is 1. The fourth-order valence-corrected chi connectivity index (χ4v) is 2.55. The van der Waals surface area contributed by atoms with Gasteiger partial charge in [-0.1, -0.05) is 6.92 Å². The van der Waals surface area contributed by atoms with Crippen molar-refractivity contribution in [2.45, 2.75) is 13.3 Å². The Labute approximate surface area is 97.0 Å². The van der Waals surface area contributed by atoms with E-state index in [0.717, 1.165) is 5.82 Å². The molecule has 0 aliphatic rings. The summed E-state index contributed by atoms with van der Waals surface area (Å²) in [7, 11) is 0.782. The minimum Gasteiger partial charge on any atom is -0.481 e. The van der Waals surface area contributed by atoms with E-state index < -0.39 is 22.7 Å². The molecule has 6 heteroatoms. The van der Waals surface area contributed by atoms with E-state index in [1.807, 2.05) is 17.8 Å². The first-order valence-corrected chi connectivity index (χ1v) is 6.53. The maximum absolute atomic E-state index is 11.6. The van der Waals surface area contributed by atoms with Crippen LogP contribution in [0, 0.1) is 5.92 Å². The molecule has 2 atom stereocenters. The number of hydrogen-bond acceptors (Lipinski definition) is 3. The number of aryl methyl sites for hydroxylation is 2. The molecule has 1 aromatic heterocycles. The Morgan fingerprint density at radius 3 is 2.88 bits per heavy atom. The summed E-state index contributed by atoms with van der Waals surface area (Å²) in [5.74, 6) is 0.0891. The van der Waals surface area contributed by atoms with E-state index in [0.29, 0.717) is 12.2 Å². The summed E-state index contributed by atoms with van der Waals surface area (Å²) in [5, 5.41) is 8.68. The van der Waals surface area contributed by atoms with Crippen LogP contribution >= 0.6 is 0 Å². The first-order valence-electron chi connectivity index (χ1n) is 5.04. The fourth-order valence-electron chi connectivity index (χ4n) is 1.28. The molecule has 90 valence electrons. The normalized spacial score (nSPS) is 14.6. The largest absolute Gasteiger partial charge is 0.481 e. The standard InChI is InChI=1S/C10H16N2O3S/c1-8(10(13)14)7-16(15)6-3-9-11-4-5-12(9)2/h4-5,8H,3,6-7H2,1-2H3,(H,13,14). The average molecular weight is 244 g/mol. The minimum atomic E-state index is -1.10. The van der Waals surface area contributed by atoms with E-state index in [4.69, 9.17) is 5.11 Å². The number of rotatable bonds is 6. The van der Waals surface area contributed by atoms with Crippen molar-refractivity contribution in [3.63, 3.8) is 0 Å². The van der Waals surface area contributed by atoms with E-state index >= 15 is 0 Å². The van der Waals surface area contributed by atoms with Crippen molar-refractivity contribution in [2.75, 3.05) is 11.5 Å². The van der Waals surface area contributed by atoms with Crippen LogP contribution in [0.15, 0.2) is 12.4 Å². The zero-order chi connectivity index (χ0) is 12.1. The summed E-state index contributed by atoms with van der Waals surface area (Å²) in [6.07, 6.45) is 4.14. The molecule has 2 unspecified atom stereocenters. The van der Waals surface area contributed by atoms with Gasteiger partial charge in [-0.05, 0) is 0 Å². The lowest BCUT2D eigenvalue weighted by molar-refractivity contribution is -0.140. The second-order valence-electron chi connectivity index (χ2n) is 3.75. The highest BCUT2D eigenvalue weighted by atomic mass is 32.2. The van der Waals surface area contributed by atoms with E-state index in [9.17, 15) is 9.00 Å². The minimum absolute atomic E-state index is 0.208. The first-order chi connectivity index (χ1) is 7.50. The van der Waals surface area contributed by atoms with Crippen LogP contribution in [0.1, 0.15) is 12.7 Å². The van der Waals surface area contributed by atoms with Crippen molar-refractivity contribution >= 4 is 16.8 Å². The van der Waals surface area contributed by atoms with E-state index in [1.165, 1.54) is 0 Å². The van der Waals surface area contributed by atoms with Crippen LogP contribution in [0.25, 0.3) is 0 Å². The van der Waals surface area contributed by atoms with Gasteiger partial charge in [-0.25, -0.2) is 4.98 Å². The van der Waals surface area contributed by atoms with Crippen LogP contribution in [-0.4, -0.2) is 36.3 Å². The number of carbonyl (C=O) groups is 1. The monoisotopic (exact) mass is 244 g/mol. The maximum atomic E-state index is 11.6. The van der Waals surface area contributed by atoms with Gasteiger partial charge < -0.3 is 9.67 Å². The molecule has 0 aliphatic heterocycles.